The van der Waals surface area contributed by atoms with Crippen LogP contribution < -0.4 is 15.2 Å². The zero-order valence-corrected chi connectivity index (χ0v) is 10.1. The molecule has 4 nitrogen and oxygen atoms in total. The van der Waals surface area contributed by atoms with E-state index < -0.39 is 5.82 Å². The summed E-state index contributed by atoms with van der Waals surface area (Å²) in [6, 6.07) is 6.54. The van der Waals surface area contributed by atoms with Gasteiger partial charge < -0.3 is 15.2 Å². The highest BCUT2D eigenvalue weighted by molar-refractivity contribution is 5.73. The average molecular weight is 248 g/mol. The van der Waals surface area contributed by atoms with E-state index in [1.54, 1.807) is 18.2 Å². The van der Waals surface area contributed by atoms with Crippen molar-refractivity contribution in [1.82, 2.24) is 4.98 Å². The molecule has 0 aliphatic heterocycles. The number of ether oxygens (including phenoxy) is 2. The first-order chi connectivity index (χ1) is 8.65. The zero-order valence-electron chi connectivity index (χ0n) is 10.1. The summed E-state index contributed by atoms with van der Waals surface area (Å²) >= 11 is 0. The van der Waals surface area contributed by atoms with Crippen LogP contribution in [0.3, 0.4) is 0 Å². The van der Waals surface area contributed by atoms with Crippen molar-refractivity contribution in [2.45, 2.75) is 0 Å². The average Bonchev–Trinajstić information content (AvgIpc) is 2.39. The van der Waals surface area contributed by atoms with Crippen molar-refractivity contribution in [3.8, 4) is 22.8 Å². The third kappa shape index (κ3) is 2.20. The zero-order chi connectivity index (χ0) is 13.1. The summed E-state index contributed by atoms with van der Waals surface area (Å²) in [5.41, 5.74) is 7.18. The second-order valence-corrected chi connectivity index (χ2v) is 3.67. The number of nitrogens with two attached hydrogens (primary N) is 1. The molecule has 1 aromatic heterocycles. The van der Waals surface area contributed by atoms with Crippen LogP contribution >= 0.6 is 0 Å². The van der Waals surface area contributed by atoms with Gasteiger partial charge in [-0.15, -0.1) is 0 Å². The van der Waals surface area contributed by atoms with Crippen LogP contribution in [0.1, 0.15) is 0 Å². The fourth-order valence-corrected chi connectivity index (χ4v) is 1.67. The van der Waals surface area contributed by atoms with Crippen molar-refractivity contribution < 1.29 is 13.9 Å². The minimum atomic E-state index is -0.445. The van der Waals surface area contributed by atoms with Gasteiger partial charge >= 0.3 is 0 Å². The van der Waals surface area contributed by atoms with Crippen LogP contribution in [0.25, 0.3) is 11.1 Å². The number of methoxy groups -OCH3 is 2. The van der Waals surface area contributed by atoms with Crippen LogP contribution in [0.2, 0.25) is 0 Å². The van der Waals surface area contributed by atoms with Gasteiger partial charge in [0.1, 0.15) is 11.6 Å². The van der Waals surface area contributed by atoms with Crippen LogP contribution in [0.15, 0.2) is 30.5 Å². The maximum absolute atomic E-state index is 13.8. The maximum Gasteiger partial charge on any atom is 0.213 e. The number of halogens is 1. The SMILES string of the molecule is COc1cc(-c2ccc(N)cc2OC)c(F)cn1. The Morgan fingerprint density at radius 2 is 1.89 bits per heavy atom. The molecule has 0 radical (unpaired) electrons. The van der Waals surface area contributed by atoms with Crippen LogP contribution in [-0.4, -0.2) is 19.2 Å². The van der Waals surface area contributed by atoms with E-state index in [0.717, 1.165) is 6.20 Å². The molecule has 0 bridgehead atoms. The third-order valence-corrected chi connectivity index (χ3v) is 2.56. The number of benzene rings is 1. The number of anilines is 1. The second-order valence-electron chi connectivity index (χ2n) is 3.67. The maximum atomic E-state index is 13.8. The van der Waals surface area contributed by atoms with Gasteiger partial charge in [0.15, 0.2) is 0 Å². The number of rotatable bonds is 3. The monoisotopic (exact) mass is 248 g/mol. The lowest BCUT2D eigenvalue weighted by Gasteiger charge is -2.11. The summed E-state index contributed by atoms with van der Waals surface area (Å²) < 4.78 is 24.0. The third-order valence-electron chi connectivity index (χ3n) is 2.56. The molecule has 0 atom stereocenters. The Hall–Kier alpha value is -2.30. The van der Waals surface area contributed by atoms with E-state index >= 15 is 0 Å². The van der Waals surface area contributed by atoms with Crippen molar-refractivity contribution in [1.29, 1.82) is 0 Å². The fraction of sp³-hybridized carbons (Fsp3) is 0.154. The summed E-state index contributed by atoms with van der Waals surface area (Å²) in [6.07, 6.45) is 1.12. The number of hydrogen-bond donors (Lipinski definition) is 1. The van der Waals surface area contributed by atoms with Gasteiger partial charge in [-0.25, -0.2) is 9.37 Å². The molecule has 0 aliphatic rings. The largest absolute Gasteiger partial charge is 0.496 e. The number of hydrogen-bond acceptors (Lipinski definition) is 4. The summed E-state index contributed by atoms with van der Waals surface area (Å²) in [5.74, 6) is 0.395. The lowest BCUT2D eigenvalue weighted by molar-refractivity contribution is 0.396. The highest BCUT2D eigenvalue weighted by atomic mass is 19.1. The van der Waals surface area contributed by atoms with Crippen molar-refractivity contribution in [2.24, 2.45) is 0 Å². The lowest BCUT2D eigenvalue weighted by atomic mass is 10.0. The first-order valence-corrected chi connectivity index (χ1v) is 5.29. The number of nitrogen functional groups attached to an aromatic ring is 1. The molecule has 0 saturated carbocycles. The first kappa shape index (κ1) is 12.2. The molecule has 1 heterocycles. The van der Waals surface area contributed by atoms with Crippen molar-refractivity contribution in [3.63, 3.8) is 0 Å². The molecule has 5 heteroatoms. The van der Waals surface area contributed by atoms with Gasteiger partial charge in [0.2, 0.25) is 5.88 Å². The quantitative estimate of drug-likeness (QED) is 0.848. The van der Waals surface area contributed by atoms with E-state index in [9.17, 15) is 4.39 Å². The summed E-state index contributed by atoms with van der Waals surface area (Å²) in [4.78, 5) is 3.79. The lowest BCUT2D eigenvalue weighted by Crippen LogP contribution is -1.95. The molecule has 0 aliphatic carbocycles. The molecule has 1 aromatic carbocycles. The van der Waals surface area contributed by atoms with Gasteiger partial charge in [-0.1, -0.05) is 0 Å². The van der Waals surface area contributed by atoms with Gasteiger partial charge in [0.05, 0.1) is 20.4 Å². The molecule has 0 amide bonds. The predicted molar refractivity (Wildman–Crippen MR) is 67.1 cm³/mol. The van der Waals surface area contributed by atoms with E-state index in [0.29, 0.717) is 28.4 Å². The van der Waals surface area contributed by atoms with Crippen LogP contribution in [0.5, 0.6) is 11.6 Å². The van der Waals surface area contributed by atoms with E-state index in [1.165, 1.54) is 20.3 Å². The molecule has 2 N–H and O–H groups in total. The van der Waals surface area contributed by atoms with Gasteiger partial charge in [-0.3, -0.25) is 0 Å². The minimum Gasteiger partial charge on any atom is -0.496 e. The smallest absolute Gasteiger partial charge is 0.213 e. The highest BCUT2D eigenvalue weighted by Gasteiger charge is 2.12. The van der Waals surface area contributed by atoms with E-state index in [1.807, 2.05) is 0 Å². The van der Waals surface area contributed by atoms with Gasteiger partial charge in [0, 0.05) is 28.9 Å². The Labute approximate surface area is 104 Å². The Bertz CT molecular complexity index is 573. The van der Waals surface area contributed by atoms with Gasteiger partial charge in [0.25, 0.3) is 0 Å². The minimum absolute atomic E-state index is 0.338. The first-order valence-electron chi connectivity index (χ1n) is 5.29. The van der Waals surface area contributed by atoms with E-state index in [2.05, 4.69) is 4.98 Å². The second kappa shape index (κ2) is 4.91. The van der Waals surface area contributed by atoms with Crippen LogP contribution in [0.4, 0.5) is 10.1 Å². The van der Waals surface area contributed by atoms with Crippen LogP contribution in [0, 0.1) is 5.82 Å². The van der Waals surface area contributed by atoms with Crippen molar-refractivity contribution >= 4 is 5.69 Å². The standard InChI is InChI=1S/C13H13FN2O2/c1-17-12-5-8(15)3-4-9(12)10-6-13(18-2)16-7-11(10)14/h3-7H,15H2,1-2H3. The van der Waals surface area contributed by atoms with Crippen molar-refractivity contribution in [2.75, 3.05) is 20.0 Å². The molecule has 0 spiro atoms. The molecule has 2 aromatic rings. The molecule has 0 unspecified atom stereocenters. The Morgan fingerprint density at radius 1 is 1.11 bits per heavy atom. The van der Waals surface area contributed by atoms with Crippen molar-refractivity contribution in [3.05, 3.63) is 36.3 Å². The molecule has 2 rings (SSSR count). The molecule has 18 heavy (non-hydrogen) atoms. The number of pyridine rings is 1. The molecule has 0 saturated heterocycles. The Balaban J connectivity index is 2.60. The summed E-state index contributed by atoms with van der Waals surface area (Å²) in [7, 11) is 2.98. The van der Waals surface area contributed by atoms with Gasteiger partial charge in [-0.2, -0.15) is 0 Å². The van der Waals surface area contributed by atoms with Crippen LogP contribution in [-0.2, 0) is 0 Å². The molecular formula is C13H13FN2O2. The Morgan fingerprint density at radius 3 is 2.56 bits per heavy atom. The van der Waals surface area contributed by atoms with E-state index in [4.69, 9.17) is 15.2 Å². The number of aromatic nitrogens is 1. The fourth-order valence-electron chi connectivity index (χ4n) is 1.67. The molecule has 0 fully saturated rings. The summed E-state index contributed by atoms with van der Waals surface area (Å²) in [5, 5.41) is 0. The summed E-state index contributed by atoms with van der Waals surface area (Å²) in [6.45, 7) is 0. The molecular weight excluding hydrogens is 235 g/mol. The molecule has 94 valence electrons. The topological polar surface area (TPSA) is 57.4 Å². The Kier molecular flexibility index (Phi) is 3.32. The predicted octanol–water partition coefficient (Wildman–Crippen LogP) is 2.49. The van der Waals surface area contributed by atoms with Gasteiger partial charge in [-0.05, 0) is 12.1 Å². The van der Waals surface area contributed by atoms with E-state index in [-0.39, 0.29) is 0 Å². The number of nitrogens with zero attached hydrogens (tertiary/aromatic N) is 1. The highest BCUT2D eigenvalue weighted by Crippen LogP contribution is 2.34. The normalized spacial score (nSPS) is 10.2.